The topological polar surface area (TPSA) is 20.3 Å². The summed E-state index contributed by atoms with van der Waals surface area (Å²) in [5.41, 5.74) is 2.50. The Morgan fingerprint density at radius 3 is 2.26 bits per heavy atom. The second-order valence-electron chi connectivity index (χ2n) is 5.43. The van der Waals surface area contributed by atoms with Crippen molar-refractivity contribution in [1.29, 1.82) is 0 Å². The van der Waals surface area contributed by atoms with Gasteiger partial charge in [0.1, 0.15) is 5.00 Å². The summed E-state index contributed by atoms with van der Waals surface area (Å²) in [5.74, 6) is 0.0470. The van der Waals surface area contributed by atoms with Crippen LogP contribution in [0.25, 0.3) is 10.4 Å². The second-order valence-corrected chi connectivity index (χ2v) is 6.89. The molecule has 116 valence electrons. The summed E-state index contributed by atoms with van der Waals surface area (Å²) in [4.78, 5) is 15.9. The summed E-state index contributed by atoms with van der Waals surface area (Å²) in [6.45, 7) is 0. The molecule has 1 aromatic heterocycles. The van der Waals surface area contributed by atoms with E-state index < -0.39 is 0 Å². The molecule has 0 bridgehead atoms. The molecule has 0 aliphatic carbocycles. The van der Waals surface area contributed by atoms with Crippen LogP contribution in [0.4, 0.5) is 5.00 Å². The van der Waals surface area contributed by atoms with Gasteiger partial charge in [-0.1, -0.05) is 54.1 Å². The Balaban J connectivity index is 2.06. The summed E-state index contributed by atoms with van der Waals surface area (Å²) in [6.07, 6.45) is 0. The van der Waals surface area contributed by atoms with Crippen LogP contribution < -0.4 is 4.90 Å². The SMILES string of the molecule is CN(C)c1sc(-c2ccc(Cl)cc2)cc1C(=O)c1ccccc1. The fourth-order valence-corrected chi connectivity index (χ4v) is 3.59. The maximum absolute atomic E-state index is 12.8. The fraction of sp³-hybridized carbons (Fsp3) is 0.105. The van der Waals surface area contributed by atoms with Crippen LogP contribution in [-0.4, -0.2) is 19.9 Å². The first-order chi connectivity index (χ1) is 11.1. The molecule has 0 unspecified atom stereocenters. The lowest BCUT2D eigenvalue weighted by molar-refractivity contribution is 0.103. The molecule has 0 amide bonds. The van der Waals surface area contributed by atoms with Crippen molar-refractivity contribution in [3.63, 3.8) is 0 Å². The van der Waals surface area contributed by atoms with Crippen LogP contribution in [0.3, 0.4) is 0 Å². The zero-order chi connectivity index (χ0) is 16.4. The number of ketones is 1. The zero-order valence-electron chi connectivity index (χ0n) is 12.9. The number of hydrogen-bond donors (Lipinski definition) is 0. The Bertz CT molecular complexity index is 822. The van der Waals surface area contributed by atoms with Crippen molar-refractivity contribution in [2.75, 3.05) is 19.0 Å². The lowest BCUT2D eigenvalue weighted by Gasteiger charge is -2.11. The maximum Gasteiger partial charge on any atom is 0.196 e. The Morgan fingerprint density at radius 2 is 1.65 bits per heavy atom. The van der Waals surface area contributed by atoms with Crippen molar-refractivity contribution in [3.8, 4) is 10.4 Å². The highest BCUT2D eigenvalue weighted by molar-refractivity contribution is 7.19. The van der Waals surface area contributed by atoms with Gasteiger partial charge in [0.25, 0.3) is 0 Å². The number of anilines is 1. The van der Waals surface area contributed by atoms with Gasteiger partial charge in [-0.05, 0) is 23.8 Å². The molecular formula is C19H16ClNOS. The van der Waals surface area contributed by atoms with Crippen molar-refractivity contribution < 1.29 is 4.79 Å². The lowest BCUT2D eigenvalue weighted by Crippen LogP contribution is -2.11. The number of hydrogen-bond acceptors (Lipinski definition) is 3. The zero-order valence-corrected chi connectivity index (χ0v) is 14.5. The molecule has 2 aromatic carbocycles. The first-order valence-corrected chi connectivity index (χ1v) is 8.42. The monoisotopic (exact) mass is 341 g/mol. The quantitative estimate of drug-likeness (QED) is 0.595. The van der Waals surface area contributed by atoms with Crippen LogP contribution in [0.15, 0.2) is 60.7 Å². The molecule has 0 N–H and O–H groups in total. The average molecular weight is 342 g/mol. The molecule has 0 aliphatic heterocycles. The molecule has 4 heteroatoms. The summed E-state index contributed by atoms with van der Waals surface area (Å²) >= 11 is 7.57. The third-order valence-electron chi connectivity index (χ3n) is 3.53. The van der Waals surface area contributed by atoms with E-state index in [1.165, 1.54) is 0 Å². The van der Waals surface area contributed by atoms with E-state index in [-0.39, 0.29) is 5.78 Å². The predicted octanol–water partition coefficient (Wildman–Crippen LogP) is 5.37. The van der Waals surface area contributed by atoms with E-state index >= 15 is 0 Å². The van der Waals surface area contributed by atoms with E-state index in [0.29, 0.717) is 10.6 Å². The van der Waals surface area contributed by atoms with E-state index in [1.807, 2.05) is 79.7 Å². The number of benzene rings is 2. The smallest absolute Gasteiger partial charge is 0.196 e. The molecule has 0 radical (unpaired) electrons. The van der Waals surface area contributed by atoms with Gasteiger partial charge in [-0.25, -0.2) is 0 Å². The van der Waals surface area contributed by atoms with Crippen molar-refractivity contribution in [2.24, 2.45) is 0 Å². The van der Waals surface area contributed by atoms with Gasteiger partial charge in [-0.2, -0.15) is 0 Å². The molecule has 0 aliphatic rings. The predicted molar refractivity (Wildman–Crippen MR) is 99.0 cm³/mol. The van der Waals surface area contributed by atoms with E-state index in [0.717, 1.165) is 21.0 Å². The number of carbonyl (C=O) groups is 1. The third-order valence-corrected chi connectivity index (χ3v) is 5.13. The number of rotatable bonds is 4. The van der Waals surface area contributed by atoms with Crippen molar-refractivity contribution >= 4 is 33.7 Å². The molecule has 1 heterocycles. The molecule has 3 aromatic rings. The Morgan fingerprint density at radius 1 is 1.00 bits per heavy atom. The number of thiophene rings is 1. The van der Waals surface area contributed by atoms with Crippen molar-refractivity contribution in [1.82, 2.24) is 0 Å². The number of nitrogens with zero attached hydrogens (tertiary/aromatic N) is 1. The van der Waals surface area contributed by atoms with Gasteiger partial charge >= 0.3 is 0 Å². The summed E-state index contributed by atoms with van der Waals surface area (Å²) in [5, 5.41) is 1.67. The standard InChI is InChI=1S/C19H16ClNOS/c1-21(2)19-16(18(22)14-6-4-3-5-7-14)12-17(23-19)13-8-10-15(20)11-9-13/h3-12H,1-2H3. The Labute approximate surface area is 145 Å². The summed E-state index contributed by atoms with van der Waals surface area (Å²) in [7, 11) is 3.92. The second kappa shape index (κ2) is 6.57. The highest BCUT2D eigenvalue weighted by Crippen LogP contribution is 2.38. The molecule has 2 nitrogen and oxygen atoms in total. The minimum Gasteiger partial charge on any atom is -0.369 e. The van der Waals surface area contributed by atoms with E-state index in [9.17, 15) is 4.79 Å². The Hall–Kier alpha value is -2.10. The molecule has 0 atom stereocenters. The van der Waals surface area contributed by atoms with Crippen LogP contribution in [0.5, 0.6) is 0 Å². The number of carbonyl (C=O) groups excluding carboxylic acids is 1. The van der Waals surface area contributed by atoms with Crippen LogP contribution >= 0.6 is 22.9 Å². The van der Waals surface area contributed by atoms with Crippen molar-refractivity contribution in [2.45, 2.75) is 0 Å². The van der Waals surface area contributed by atoms with Crippen LogP contribution in [0, 0.1) is 0 Å². The van der Waals surface area contributed by atoms with Gasteiger partial charge in [-0.15, -0.1) is 11.3 Å². The first kappa shape index (κ1) is 15.8. The molecule has 0 saturated carbocycles. The van der Waals surface area contributed by atoms with E-state index in [2.05, 4.69) is 0 Å². The first-order valence-electron chi connectivity index (χ1n) is 7.23. The molecule has 0 saturated heterocycles. The van der Waals surface area contributed by atoms with Crippen LogP contribution in [-0.2, 0) is 0 Å². The molecule has 23 heavy (non-hydrogen) atoms. The molecule has 0 fully saturated rings. The minimum absolute atomic E-state index is 0.0470. The Kier molecular flexibility index (Phi) is 4.51. The summed E-state index contributed by atoms with van der Waals surface area (Å²) in [6, 6.07) is 19.0. The highest BCUT2D eigenvalue weighted by atomic mass is 35.5. The van der Waals surface area contributed by atoms with Crippen LogP contribution in [0.1, 0.15) is 15.9 Å². The van der Waals surface area contributed by atoms with Crippen molar-refractivity contribution in [3.05, 3.63) is 76.8 Å². The van der Waals surface area contributed by atoms with Gasteiger partial charge < -0.3 is 4.90 Å². The van der Waals surface area contributed by atoms with Gasteiger partial charge in [0.2, 0.25) is 0 Å². The molecule has 3 rings (SSSR count). The van der Waals surface area contributed by atoms with Crippen LogP contribution in [0.2, 0.25) is 5.02 Å². The molecule has 0 spiro atoms. The summed E-state index contributed by atoms with van der Waals surface area (Å²) < 4.78 is 0. The fourth-order valence-electron chi connectivity index (χ4n) is 2.38. The highest BCUT2D eigenvalue weighted by Gasteiger charge is 2.19. The number of halogens is 1. The third kappa shape index (κ3) is 3.31. The largest absolute Gasteiger partial charge is 0.369 e. The normalized spacial score (nSPS) is 10.6. The van der Waals surface area contributed by atoms with Gasteiger partial charge in [0.15, 0.2) is 5.78 Å². The van der Waals surface area contributed by atoms with E-state index in [1.54, 1.807) is 11.3 Å². The van der Waals surface area contributed by atoms with E-state index in [4.69, 9.17) is 11.6 Å². The minimum atomic E-state index is 0.0470. The van der Waals surface area contributed by atoms with Gasteiger partial charge in [-0.3, -0.25) is 4.79 Å². The van der Waals surface area contributed by atoms with Gasteiger partial charge in [0.05, 0.1) is 5.56 Å². The maximum atomic E-state index is 12.8. The average Bonchev–Trinajstić information content (AvgIpc) is 3.01. The van der Waals surface area contributed by atoms with Gasteiger partial charge in [0, 0.05) is 29.6 Å². The molecular weight excluding hydrogens is 326 g/mol. The lowest BCUT2D eigenvalue weighted by atomic mass is 10.0.